The third kappa shape index (κ3) is 1.90. The van der Waals surface area contributed by atoms with E-state index in [1.165, 1.54) is 7.11 Å². The van der Waals surface area contributed by atoms with Crippen LogP contribution in [-0.2, 0) is 4.74 Å². The molecule has 3 nitrogen and oxygen atoms in total. The van der Waals surface area contributed by atoms with E-state index in [9.17, 15) is 4.79 Å². The van der Waals surface area contributed by atoms with Gasteiger partial charge in [0.15, 0.2) is 0 Å². The Balaban J connectivity index is 2.79. The summed E-state index contributed by atoms with van der Waals surface area (Å²) in [5.41, 5.74) is 0.451. The molecule has 1 aromatic rings. The monoisotopic (exact) mass is 166 g/mol. The van der Waals surface area contributed by atoms with Crippen LogP contribution >= 0.6 is 0 Å². The van der Waals surface area contributed by atoms with Crippen LogP contribution in [-0.4, -0.2) is 24.3 Å². The highest BCUT2D eigenvalue weighted by Crippen LogP contribution is 2.03. The maximum atomic E-state index is 11.2. The Labute approximate surface area is 70.6 Å². The molecule has 0 unspecified atom stereocenters. The summed E-state index contributed by atoms with van der Waals surface area (Å²) in [4.78, 5) is 11.2. The molecule has 0 bridgehead atoms. The van der Waals surface area contributed by atoms with Gasteiger partial charge in [-0.3, -0.25) is 4.79 Å². The lowest BCUT2D eigenvalue weighted by molar-refractivity contribution is -0.0483. The molecule has 64 valence electrons. The van der Waals surface area contributed by atoms with Crippen LogP contribution in [0.15, 0.2) is 30.3 Å². The molecule has 0 aromatic heterocycles. The third-order valence-electron chi connectivity index (χ3n) is 1.51. The minimum Gasteiger partial charge on any atom is -0.362 e. The Hall–Kier alpha value is -1.19. The third-order valence-corrected chi connectivity index (χ3v) is 1.51. The zero-order chi connectivity index (χ0) is 8.97. The highest BCUT2D eigenvalue weighted by molar-refractivity contribution is 5.98. The van der Waals surface area contributed by atoms with Gasteiger partial charge in [-0.2, -0.15) is 0 Å². The zero-order valence-corrected chi connectivity index (χ0v) is 6.73. The molecule has 1 rings (SSSR count). The van der Waals surface area contributed by atoms with Crippen molar-refractivity contribution in [3.05, 3.63) is 35.9 Å². The highest BCUT2D eigenvalue weighted by Gasteiger charge is 2.14. The number of Topliss-reactive ketones (excluding diaryl/α,β-unsaturated/α-hetero) is 1. The van der Waals surface area contributed by atoms with Crippen molar-refractivity contribution in [3.63, 3.8) is 0 Å². The quantitative estimate of drug-likeness (QED) is 0.534. The first-order valence-corrected chi connectivity index (χ1v) is 3.56. The summed E-state index contributed by atoms with van der Waals surface area (Å²) in [5.74, 6) is -0.418. The van der Waals surface area contributed by atoms with Crippen LogP contribution in [0, 0.1) is 0 Å². The van der Waals surface area contributed by atoms with Gasteiger partial charge in [-0.05, 0) is 0 Å². The number of carbonyl (C=O) groups is 1. The normalized spacial score (nSPS) is 12.5. The van der Waals surface area contributed by atoms with Gasteiger partial charge < -0.3 is 9.84 Å². The number of ketones is 1. The molecule has 0 aliphatic heterocycles. The molecule has 0 aliphatic rings. The Morgan fingerprint density at radius 2 is 2.00 bits per heavy atom. The van der Waals surface area contributed by atoms with Gasteiger partial charge in [-0.25, -0.2) is 0 Å². The number of methoxy groups -OCH3 is 1. The molecular weight excluding hydrogens is 156 g/mol. The van der Waals surface area contributed by atoms with Crippen LogP contribution in [0.5, 0.6) is 0 Å². The van der Waals surface area contributed by atoms with Crippen LogP contribution in [0.4, 0.5) is 0 Å². The molecule has 3 heteroatoms. The van der Waals surface area contributed by atoms with E-state index in [0.717, 1.165) is 0 Å². The summed E-state index contributed by atoms with van der Waals surface area (Å²) in [7, 11) is 1.28. The van der Waals surface area contributed by atoms with Crippen molar-refractivity contribution < 1.29 is 14.6 Å². The lowest BCUT2D eigenvalue weighted by Crippen LogP contribution is -2.21. The van der Waals surface area contributed by atoms with E-state index in [4.69, 9.17) is 5.11 Å². The molecule has 0 fully saturated rings. The molecular formula is C9H10O3. The van der Waals surface area contributed by atoms with Crippen LogP contribution < -0.4 is 0 Å². The number of carbonyl (C=O) groups excluding carboxylic acids is 1. The van der Waals surface area contributed by atoms with Crippen molar-refractivity contribution in [1.29, 1.82) is 0 Å². The highest BCUT2D eigenvalue weighted by atomic mass is 16.6. The van der Waals surface area contributed by atoms with E-state index in [1.807, 2.05) is 0 Å². The minimum atomic E-state index is -1.35. The number of benzene rings is 1. The average Bonchev–Trinajstić information content (AvgIpc) is 2.17. The van der Waals surface area contributed by atoms with Crippen LogP contribution in [0.3, 0.4) is 0 Å². The van der Waals surface area contributed by atoms with E-state index in [1.54, 1.807) is 30.3 Å². The molecule has 1 N–H and O–H groups in total. The zero-order valence-electron chi connectivity index (χ0n) is 6.73. The first kappa shape index (κ1) is 8.90. The lowest BCUT2D eigenvalue weighted by atomic mass is 10.1. The maximum Gasteiger partial charge on any atom is 0.219 e. The van der Waals surface area contributed by atoms with Crippen LogP contribution in [0.1, 0.15) is 10.4 Å². The Morgan fingerprint density at radius 3 is 2.50 bits per heavy atom. The van der Waals surface area contributed by atoms with Gasteiger partial charge in [-0.15, -0.1) is 0 Å². The fourth-order valence-electron chi connectivity index (χ4n) is 0.852. The molecule has 0 aliphatic carbocycles. The smallest absolute Gasteiger partial charge is 0.219 e. The number of rotatable bonds is 3. The summed E-state index contributed by atoms with van der Waals surface area (Å²) < 4.78 is 4.47. The van der Waals surface area contributed by atoms with Crippen molar-refractivity contribution in [1.82, 2.24) is 0 Å². The maximum absolute atomic E-state index is 11.2. The Bertz CT molecular complexity index is 256. The summed E-state index contributed by atoms with van der Waals surface area (Å²) in [6, 6.07) is 8.52. The molecule has 1 aromatic carbocycles. The predicted molar refractivity (Wildman–Crippen MR) is 43.8 cm³/mol. The summed E-state index contributed by atoms with van der Waals surface area (Å²) >= 11 is 0. The number of ether oxygens (including phenoxy) is 1. The van der Waals surface area contributed by atoms with Crippen molar-refractivity contribution in [2.75, 3.05) is 7.11 Å². The molecule has 0 radical (unpaired) electrons. The molecule has 0 saturated carbocycles. The van der Waals surface area contributed by atoms with Crippen molar-refractivity contribution in [3.8, 4) is 0 Å². The van der Waals surface area contributed by atoms with E-state index in [0.29, 0.717) is 5.56 Å². The van der Waals surface area contributed by atoms with E-state index in [2.05, 4.69) is 4.74 Å². The van der Waals surface area contributed by atoms with Crippen molar-refractivity contribution in [2.45, 2.75) is 6.29 Å². The molecule has 12 heavy (non-hydrogen) atoms. The molecule has 0 spiro atoms. The second-order valence-electron chi connectivity index (χ2n) is 2.32. The Kier molecular flexibility index (Phi) is 2.96. The number of aliphatic hydroxyl groups is 1. The second-order valence-corrected chi connectivity index (χ2v) is 2.32. The summed E-state index contributed by atoms with van der Waals surface area (Å²) in [6.45, 7) is 0. The van der Waals surface area contributed by atoms with Crippen molar-refractivity contribution >= 4 is 5.78 Å². The fourth-order valence-corrected chi connectivity index (χ4v) is 0.852. The van der Waals surface area contributed by atoms with Crippen molar-refractivity contribution in [2.24, 2.45) is 0 Å². The molecule has 0 heterocycles. The minimum absolute atomic E-state index is 0.418. The number of hydrogen-bond donors (Lipinski definition) is 1. The lowest BCUT2D eigenvalue weighted by Gasteiger charge is -2.05. The van der Waals surface area contributed by atoms with Gasteiger partial charge >= 0.3 is 0 Å². The second kappa shape index (κ2) is 3.99. The SMILES string of the molecule is CO[C@H](O)C(=O)c1ccccc1. The first-order chi connectivity index (χ1) is 5.75. The summed E-state index contributed by atoms with van der Waals surface area (Å²) in [5, 5.41) is 9.01. The first-order valence-electron chi connectivity index (χ1n) is 3.56. The van der Waals surface area contributed by atoms with Crippen LogP contribution in [0.2, 0.25) is 0 Å². The average molecular weight is 166 g/mol. The standard InChI is InChI=1S/C9H10O3/c1-12-9(11)8(10)7-5-3-2-4-6-7/h2-6,9,11H,1H3/t9-/m0/s1. The van der Waals surface area contributed by atoms with Gasteiger partial charge in [0.2, 0.25) is 12.1 Å². The number of aliphatic hydroxyl groups excluding tert-OH is 1. The summed E-state index contributed by atoms with van der Waals surface area (Å²) in [6.07, 6.45) is -1.35. The molecule has 0 saturated heterocycles. The largest absolute Gasteiger partial charge is 0.362 e. The molecule has 1 atom stereocenters. The van der Waals surface area contributed by atoms with E-state index in [-0.39, 0.29) is 0 Å². The Morgan fingerprint density at radius 1 is 1.42 bits per heavy atom. The van der Waals surface area contributed by atoms with Gasteiger partial charge in [0.25, 0.3) is 0 Å². The van der Waals surface area contributed by atoms with Gasteiger partial charge in [0, 0.05) is 12.7 Å². The van der Waals surface area contributed by atoms with Gasteiger partial charge in [-0.1, -0.05) is 30.3 Å². The predicted octanol–water partition coefficient (Wildman–Crippen LogP) is 0.834. The van der Waals surface area contributed by atoms with Crippen LogP contribution in [0.25, 0.3) is 0 Å². The number of hydrogen-bond acceptors (Lipinski definition) is 3. The fraction of sp³-hybridized carbons (Fsp3) is 0.222. The topological polar surface area (TPSA) is 46.5 Å². The van der Waals surface area contributed by atoms with E-state index < -0.39 is 12.1 Å². The van der Waals surface area contributed by atoms with E-state index >= 15 is 0 Å². The van der Waals surface area contributed by atoms with Gasteiger partial charge in [0.1, 0.15) is 0 Å². The van der Waals surface area contributed by atoms with Gasteiger partial charge in [0.05, 0.1) is 0 Å². The molecule has 0 amide bonds.